The maximum Gasteiger partial charge on any atom is 0.0226 e. The summed E-state index contributed by atoms with van der Waals surface area (Å²) in [6.45, 7) is 4.53. The average molecular weight is 224 g/mol. The summed E-state index contributed by atoms with van der Waals surface area (Å²) in [5, 5.41) is 3.48. The molecular weight excluding hydrogens is 202 g/mol. The van der Waals surface area contributed by atoms with Gasteiger partial charge in [-0.3, -0.25) is 0 Å². The molecule has 0 aromatic heterocycles. The average Bonchev–Trinajstić information content (AvgIpc) is 2.16. The van der Waals surface area contributed by atoms with E-state index in [9.17, 15) is 0 Å². The minimum atomic E-state index is 0.770. The highest BCUT2D eigenvalue weighted by Crippen LogP contribution is 2.07. The van der Waals surface area contributed by atoms with Crippen LogP contribution in [0.15, 0.2) is 0 Å². The molecule has 0 saturated carbocycles. The Morgan fingerprint density at radius 1 is 1.46 bits per heavy atom. The quantitative estimate of drug-likeness (QED) is 0.477. The van der Waals surface area contributed by atoms with Crippen LogP contribution >= 0.6 is 23.4 Å². The smallest absolute Gasteiger partial charge is 0.0226 e. The van der Waals surface area contributed by atoms with Crippen LogP contribution in [0.2, 0.25) is 0 Å². The van der Waals surface area contributed by atoms with Gasteiger partial charge in [0.05, 0.1) is 0 Å². The van der Waals surface area contributed by atoms with Gasteiger partial charge in [-0.05, 0) is 43.9 Å². The van der Waals surface area contributed by atoms with Crippen molar-refractivity contribution in [1.29, 1.82) is 0 Å². The Morgan fingerprint density at radius 2 is 2.23 bits per heavy atom. The van der Waals surface area contributed by atoms with Crippen molar-refractivity contribution in [2.75, 3.05) is 31.0 Å². The summed E-state index contributed by atoms with van der Waals surface area (Å²) in [4.78, 5) is 0. The lowest BCUT2D eigenvalue weighted by molar-refractivity contribution is 0.453. The van der Waals surface area contributed by atoms with E-state index in [0.717, 1.165) is 31.3 Å². The molecule has 0 bridgehead atoms. The molecule has 1 unspecified atom stereocenters. The molecule has 80 valence electrons. The molecule has 0 aliphatic heterocycles. The highest BCUT2D eigenvalue weighted by atomic mass is 35.5. The van der Waals surface area contributed by atoms with Crippen LogP contribution in [0.25, 0.3) is 0 Å². The number of alkyl halides is 1. The summed E-state index contributed by atoms with van der Waals surface area (Å²) < 4.78 is 0. The first-order valence-electron chi connectivity index (χ1n) is 5.10. The SMILES string of the molecule is CCC(CCCl)CNCCCSC. The van der Waals surface area contributed by atoms with Crippen molar-refractivity contribution in [3.8, 4) is 0 Å². The number of rotatable bonds is 9. The number of thioether (sulfide) groups is 1. The number of nitrogens with one attached hydrogen (secondary N) is 1. The lowest BCUT2D eigenvalue weighted by atomic mass is 10.0. The first-order chi connectivity index (χ1) is 6.35. The van der Waals surface area contributed by atoms with E-state index in [1.807, 2.05) is 11.8 Å². The molecule has 0 rings (SSSR count). The monoisotopic (exact) mass is 223 g/mol. The molecule has 13 heavy (non-hydrogen) atoms. The molecule has 0 saturated heterocycles. The third-order valence-electron chi connectivity index (χ3n) is 2.23. The van der Waals surface area contributed by atoms with Crippen LogP contribution in [0, 0.1) is 5.92 Å². The molecule has 0 fully saturated rings. The minimum absolute atomic E-state index is 0.770. The third-order valence-corrected chi connectivity index (χ3v) is 3.14. The maximum atomic E-state index is 5.71. The fourth-order valence-electron chi connectivity index (χ4n) is 1.25. The van der Waals surface area contributed by atoms with Crippen molar-refractivity contribution in [1.82, 2.24) is 5.32 Å². The summed E-state index contributed by atoms with van der Waals surface area (Å²) in [6, 6.07) is 0. The van der Waals surface area contributed by atoms with E-state index >= 15 is 0 Å². The van der Waals surface area contributed by atoms with Gasteiger partial charge in [0.25, 0.3) is 0 Å². The summed E-state index contributed by atoms with van der Waals surface area (Å²) in [6.07, 6.45) is 5.82. The van der Waals surface area contributed by atoms with Crippen molar-refractivity contribution in [3.05, 3.63) is 0 Å². The van der Waals surface area contributed by atoms with E-state index in [1.54, 1.807) is 0 Å². The molecule has 0 aromatic rings. The predicted octanol–water partition coefficient (Wildman–Crippen LogP) is 2.98. The van der Waals surface area contributed by atoms with Gasteiger partial charge in [0.15, 0.2) is 0 Å². The molecule has 0 aliphatic rings. The van der Waals surface area contributed by atoms with E-state index in [0.29, 0.717) is 0 Å². The van der Waals surface area contributed by atoms with Gasteiger partial charge in [-0.1, -0.05) is 13.3 Å². The molecule has 0 amide bonds. The molecule has 1 N–H and O–H groups in total. The number of halogens is 1. The van der Waals surface area contributed by atoms with Gasteiger partial charge in [-0.2, -0.15) is 11.8 Å². The van der Waals surface area contributed by atoms with Gasteiger partial charge in [-0.25, -0.2) is 0 Å². The van der Waals surface area contributed by atoms with Crippen LogP contribution in [-0.2, 0) is 0 Å². The lowest BCUT2D eigenvalue weighted by Gasteiger charge is -2.13. The van der Waals surface area contributed by atoms with E-state index in [4.69, 9.17) is 11.6 Å². The van der Waals surface area contributed by atoms with Gasteiger partial charge in [-0.15, -0.1) is 11.6 Å². The van der Waals surface area contributed by atoms with E-state index in [1.165, 1.54) is 18.6 Å². The molecule has 1 atom stereocenters. The highest BCUT2D eigenvalue weighted by Gasteiger charge is 2.03. The zero-order valence-electron chi connectivity index (χ0n) is 8.81. The molecule has 3 heteroatoms. The molecular formula is C10H22ClNS. The second-order valence-electron chi connectivity index (χ2n) is 3.30. The van der Waals surface area contributed by atoms with Crippen LogP contribution in [0.5, 0.6) is 0 Å². The van der Waals surface area contributed by atoms with Crippen LogP contribution in [0.1, 0.15) is 26.2 Å². The largest absolute Gasteiger partial charge is 0.316 e. The van der Waals surface area contributed by atoms with Crippen molar-refractivity contribution in [2.45, 2.75) is 26.2 Å². The molecule has 0 aliphatic carbocycles. The Balaban J connectivity index is 3.17. The van der Waals surface area contributed by atoms with Crippen molar-refractivity contribution in [3.63, 3.8) is 0 Å². The van der Waals surface area contributed by atoms with E-state index in [-0.39, 0.29) is 0 Å². The normalized spacial score (nSPS) is 13.2. The van der Waals surface area contributed by atoms with Crippen LogP contribution < -0.4 is 5.32 Å². The molecule has 0 radical (unpaired) electrons. The predicted molar refractivity (Wildman–Crippen MR) is 65.0 cm³/mol. The van der Waals surface area contributed by atoms with Crippen molar-refractivity contribution in [2.24, 2.45) is 5.92 Å². The van der Waals surface area contributed by atoms with Crippen LogP contribution in [0.4, 0.5) is 0 Å². The summed E-state index contributed by atoms with van der Waals surface area (Å²) in [7, 11) is 0. The Morgan fingerprint density at radius 3 is 2.77 bits per heavy atom. The van der Waals surface area contributed by atoms with Crippen LogP contribution in [-0.4, -0.2) is 31.0 Å². The van der Waals surface area contributed by atoms with Gasteiger partial charge in [0.1, 0.15) is 0 Å². The zero-order valence-corrected chi connectivity index (χ0v) is 10.4. The van der Waals surface area contributed by atoms with E-state index < -0.39 is 0 Å². The Hall–Kier alpha value is 0.600. The maximum absolute atomic E-state index is 5.71. The van der Waals surface area contributed by atoms with E-state index in [2.05, 4.69) is 18.5 Å². The van der Waals surface area contributed by atoms with Crippen molar-refractivity contribution < 1.29 is 0 Å². The third kappa shape index (κ3) is 8.92. The van der Waals surface area contributed by atoms with Crippen molar-refractivity contribution >= 4 is 23.4 Å². The highest BCUT2D eigenvalue weighted by molar-refractivity contribution is 7.98. The number of hydrogen-bond acceptors (Lipinski definition) is 2. The zero-order chi connectivity index (χ0) is 9.94. The minimum Gasteiger partial charge on any atom is -0.316 e. The number of hydrogen-bond donors (Lipinski definition) is 1. The summed E-state index contributed by atoms with van der Waals surface area (Å²) in [5.74, 6) is 2.83. The topological polar surface area (TPSA) is 12.0 Å². The second kappa shape index (κ2) is 10.7. The van der Waals surface area contributed by atoms with Crippen LogP contribution in [0.3, 0.4) is 0 Å². The molecule has 0 spiro atoms. The van der Waals surface area contributed by atoms with Gasteiger partial charge < -0.3 is 5.32 Å². The second-order valence-corrected chi connectivity index (χ2v) is 4.67. The lowest BCUT2D eigenvalue weighted by Crippen LogP contribution is -2.24. The Labute approximate surface area is 92.0 Å². The summed E-state index contributed by atoms with van der Waals surface area (Å²) >= 11 is 7.62. The Bertz CT molecular complexity index is 101. The first kappa shape index (κ1) is 13.6. The van der Waals surface area contributed by atoms with Gasteiger partial charge >= 0.3 is 0 Å². The molecule has 1 nitrogen and oxygen atoms in total. The van der Waals surface area contributed by atoms with Gasteiger partial charge in [0, 0.05) is 5.88 Å². The fraction of sp³-hybridized carbons (Fsp3) is 1.00. The summed E-state index contributed by atoms with van der Waals surface area (Å²) in [5.41, 5.74) is 0. The molecule has 0 heterocycles. The van der Waals surface area contributed by atoms with Gasteiger partial charge in [0.2, 0.25) is 0 Å². The molecule has 0 aromatic carbocycles. The first-order valence-corrected chi connectivity index (χ1v) is 7.03. The fourth-order valence-corrected chi connectivity index (χ4v) is 1.99. The Kier molecular flexibility index (Phi) is 11.2. The standard InChI is InChI=1S/C10H22ClNS/c1-3-10(5-6-11)9-12-7-4-8-13-2/h10,12H,3-9H2,1-2H3.